The van der Waals surface area contributed by atoms with E-state index in [1.54, 1.807) is 13.1 Å². The number of nitrogens with two attached hydrogens (primary N) is 1. The van der Waals surface area contributed by atoms with Gasteiger partial charge in [0.25, 0.3) is 0 Å². The summed E-state index contributed by atoms with van der Waals surface area (Å²) >= 11 is 0. The van der Waals surface area contributed by atoms with Crippen LogP contribution >= 0.6 is 0 Å². The molecule has 3 nitrogen and oxygen atoms in total. The van der Waals surface area contributed by atoms with Gasteiger partial charge in [-0.05, 0) is 44.8 Å². The van der Waals surface area contributed by atoms with Crippen LogP contribution in [-0.2, 0) is 12.6 Å². The van der Waals surface area contributed by atoms with Crippen molar-refractivity contribution in [1.82, 2.24) is 4.90 Å². The normalized spacial score (nSPS) is 12.0. The van der Waals surface area contributed by atoms with Gasteiger partial charge in [-0.2, -0.15) is 13.2 Å². The van der Waals surface area contributed by atoms with Gasteiger partial charge in [-0.15, -0.1) is 0 Å². The van der Waals surface area contributed by atoms with Gasteiger partial charge in [0.05, 0.1) is 5.56 Å². The molecule has 2 N–H and O–H groups in total. The van der Waals surface area contributed by atoms with Gasteiger partial charge in [-0.25, -0.2) is 0 Å². The van der Waals surface area contributed by atoms with Gasteiger partial charge in [-0.1, -0.05) is 6.07 Å². The minimum Gasteiger partial charge on any atom is -0.373 e. The van der Waals surface area contributed by atoms with Crippen LogP contribution < -0.4 is 10.6 Å². The maximum atomic E-state index is 13.1. The van der Waals surface area contributed by atoms with E-state index in [1.807, 2.05) is 23.9 Å². The monoisotopic (exact) mass is 289 g/mol. The molecule has 0 spiro atoms. The molecular weight excluding hydrogens is 267 g/mol. The summed E-state index contributed by atoms with van der Waals surface area (Å²) in [6, 6.07) is 4.45. The highest BCUT2D eigenvalue weighted by Crippen LogP contribution is 2.34. The third-order valence-corrected chi connectivity index (χ3v) is 3.14. The Bertz CT molecular complexity index is 430. The minimum atomic E-state index is -4.34. The number of likely N-dealkylation sites (N-methyl/N-ethyl adjacent to an activating group) is 2. The van der Waals surface area contributed by atoms with Crippen LogP contribution in [0.4, 0.5) is 18.9 Å². The van der Waals surface area contributed by atoms with Crippen molar-refractivity contribution in [1.29, 1.82) is 0 Å². The van der Waals surface area contributed by atoms with E-state index in [9.17, 15) is 13.2 Å². The summed E-state index contributed by atoms with van der Waals surface area (Å²) < 4.78 is 39.2. The number of anilines is 1. The lowest BCUT2D eigenvalue weighted by Gasteiger charge is -2.23. The third-order valence-electron chi connectivity index (χ3n) is 3.14. The second-order valence-corrected chi connectivity index (χ2v) is 5.10. The van der Waals surface area contributed by atoms with Gasteiger partial charge in [-0.3, -0.25) is 0 Å². The Labute approximate surface area is 118 Å². The minimum absolute atomic E-state index is 0.207. The van der Waals surface area contributed by atoms with E-state index in [0.717, 1.165) is 6.54 Å². The Balaban J connectivity index is 3.00. The molecule has 0 saturated heterocycles. The van der Waals surface area contributed by atoms with E-state index in [1.165, 1.54) is 12.1 Å². The lowest BCUT2D eigenvalue weighted by atomic mass is 10.0. The fourth-order valence-electron chi connectivity index (χ4n) is 1.92. The number of rotatable bonds is 6. The zero-order valence-electron chi connectivity index (χ0n) is 12.2. The summed E-state index contributed by atoms with van der Waals surface area (Å²) in [6.07, 6.45) is -4.11. The zero-order chi connectivity index (χ0) is 15.3. The van der Waals surface area contributed by atoms with Crippen LogP contribution in [0.15, 0.2) is 18.2 Å². The molecule has 0 radical (unpaired) electrons. The SMILES string of the molecule is CN(C)CCN(C)c1ccc(CCN)c(C(F)(F)F)c1. The van der Waals surface area contributed by atoms with Gasteiger partial charge in [0.15, 0.2) is 0 Å². The van der Waals surface area contributed by atoms with Crippen LogP contribution in [0.25, 0.3) is 0 Å². The quantitative estimate of drug-likeness (QED) is 0.871. The van der Waals surface area contributed by atoms with Crippen LogP contribution in [0.5, 0.6) is 0 Å². The van der Waals surface area contributed by atoms with Crippen molar-refractivity contribution < 1.29 is 13.2 Å². The molecule has 0 aliphatic carbocycles. The number of alkyl halides is 3. The van der Waals surface area contributed by atoms with E-state index in [-0.39, 0.29) is 18.5 Å². The predicted octanol–water partition coefficient (Wildman–Crippen LogP) is 2.20. The van der Waals surface area contributed by atoms with Gasteiger partial charge >= 0.3 is 6.18 Å². The van der Waals surface area contributed by atoms with E-state index >= 15 is 0 Å². The molecule has 6 heteroatoms. The highest BCUT2D eigenvalue weighted by molar-refractivity contribution is 5.51. The molecule has 0 heterocycles. The fraction of sp³-hybridized carbons (Fsp3) is 0.571. The van der Waals surface area contributed by atoms with Crippen molar-refractivity contribution in [3.63, 3.8) is 0 Å². The number of nitrogens with zero attached hydrogens (tertiary/aromatic N) is 2. The highest BCUT2D eigenvalue weighted by Gasteiger charge is 2.33. The lowest BCUT2D eigenvalue weighted by molar-refractivity contribution is -0.138. The van der Waals surface area contributed by atoms with Gasteiger partial charge in [0.1, 0.15) is 0 Å². The topological polar surface area (TPSA) is 32.5 Å². The Morgan fingerprint density at radius 3 is 2.25 bits per heavy atom. The Kier molecular flexibility index (Phi) is 5.83. The Morgan fingerprint density at radius 2 is 1.75 bits per heavy atom. The Morgan fingerprint density at radius 1 is 1.10 bits per heavy atom. The summed E-state index contributed by atoms with van der Waals surface area (Å²) in [6.45, 7) is 1.65. The molecule has 0 aromatic heterocycles. The van der Waals surface area contributed by atoms with E-state index in [4.69, 9.17) is 5.73 Å². The molecule has 0 atom stereocenters. The van der Waals surface area contributed by atoms with Crippen molar-refractivity contribution >= 4 is 5.69 Å². The number of benzene rings is 1. The zero-order valence-corrected chi connectivity index (χ0v) is 12.2. The van der Waals surface area contributed by atoms with Crippen molar-refractivity contribution in [2.45, 2.75) is 12.6 Å². The first-order valence-electron chi connectivity index (χ1n) is 6.51. The lowest BCUT2D eigenvalue weighted by Crippen LogP contribution is -2.28. The second-order valence-electron chi connectivity index (χ2n) is 5.10. The van der Waals surface area contributed by atoms with Crippen LogP contribution in [-0.4, -0.2) is 45.7 Å². The number of halogens is 3. The standard InChI is InChI=1S/C14H22F3N3/c1-19(2)8-9-20(3)12-5-4-11(6-7-18)13(10-12)14(15,16)17/h4-5,10H,6-9,18H2,1-3H3. The predicted molar refractivity (Wildman–Crippen MR) is 76.0 cm³/mol. The summed E-state index contributed by atoms with van der Waals surface area (Å²) in [5, 5.41) is 0. The van der Waals surface area contributed by atoms with E-state index in [0.29, 0.717) is 12.2 Å². The molecule has 0 fully saturated rings. The van der Waals surface area contributed by atoms with Crippen LogP contribution in [0.1, 0.15) is 11.1 Å². The molecule has 0 saturated carbocycles. The molecule has 0 amide bonds. The molecule has 0 unspecified atom stereocenters. The number of hydrogen-bond donors (Lipinski definition) is 1. The average molecular weight is 289 g/mol. The first-order valence-corrected chi connectivity index (χ1v) is 6.51. The van der Waals surface area contributed by atoms with Gasteiger partial charge in [0.2, 0.25) is 0 Å². The molecule has 0 aliphatic heterocycles. The highest BCUT2D eigenvalue weighted by atomic mass is 19.4. The largest absolute Gasteiger partial charge is 0.416 e. The molecule has 1 aromatic carbocycles. The average Bonchev–Trinajstić information content (AvgIpc) is 2.35. The van der Waals surface area contributed by atoms with Gasteiger partial charge < -0.3 is 15.5 Å². The maximum absolute atomic E-state index is 13.1. The van der Waals surface area contributed by atoms with E-state index in [2.05, 4.69) is 0 Å². The summed E-state index contributed by atoms with van der Waals surface area (Å²) in [4.78, 5) is 3.81. The van der Waals surface area contributed by atoms with E-state index < -0.39 is 11.7 Å². The maximum Gasteiger partial charge on any atom is 0.416 e. The molecule has 0 aliphatic rings. The van der Waals surface area contributed by atoms with Crippen molar-refractivity contribution in [3.8, 4) is 0 Å². The fourth-order valence-corrected chi connectivity index (χ4v) is 1.92. The smallest absolute Gasteiger partial charge is 0.373 e. The van der Waals surface area contributed by atoms with Gasteiger partial charge in [0, 0.05) is 25.8 Å². The molecular formula is C14H22F3N3. The first-order chi connectivity index (χ1) is 9.25. The first kappa shape index (κ1) is 16.8. The Hall–Kier alpha value is -1.27. The molecule has 20 heavy (non-hydrogen) atoms. The van der Waals surface area contributed by atoms with Crippen molar-refractivity contribution in [3.05, 3.63) is 29.3 Å². The summed E-state index contributed by atoms with van der Waals surface area (Å²) in [5.41, 5.74) is 5.61. The van der Waals surface area contributed by atoms with Crippen molar-refractivity contribution in [2.75, 3.05) is 45.7 Å². The summed E-state index contributed by atoms with van der Waals surface area (Å²) in [5.74, 6) is 0. The van der Waals surface area contributed by atoms with Crippen LogP contribution in [0.3, 0.4) is 0 Å². The molecule has 114 valence electrons. The van der Waals surface area contributed by atoms with Crippen molar-refractivity contribution in [2.24, 2.45) is 5.73 Å². The number of hydrogen-bond acceptors (Lipinski definition) is 3. The second kappa shape index (κ2) is 6.95. The molecule has 1 aromatic rings. The molecule has 1 rings (SSSR count). The van der Waals surface area contributed by atoms with Crippen LogP contribution in [0.2, 0.25) is 0 Å². The third kappa shape index (κ3) is 4.68. The van der Waals surface area contributed by atoms with Crippen LogP contribution in [0, 0.1) is 0 Å². The molecule has 0 bridgehead atoms. The summed E-state index contributed by atoms with van der Waals surface area (Å²) in [7, 11) is 5.65.